The summed E-state index contributed by atoms with van der Waals surface area (Å²) in [5.74, 6) is -0.216. The van der Waals surface area contributed by atoms with Gasteiger partial charge in [-0.15, -0.1) is 0 Å². The largest absolute Gasteiger partial charge is 0.496 e. The normalized spacial score (nSPS) is 15.3. The third-order valence-electron chi connectivity index (χ3n) is 7.02. The number of likely N-dealkylation sites (tertiary alicyclic amines) is 1. The number of rotatable bonds is 5. The summed E-state index contributed by atoms with van der Waals surface area (Å²) in [4.78, 5) is 19.1. The number of nitrogens with one attached hydrogen (secondary N) is 1. The van der Waals surface area contributed by atoms with Crippen molar-refractivity contribution in [2.75, 3.05) is 25.5 Å². The standard InChI is InChI=1S/C29H25ClF3N3O3/c1-39-26-16-19(29(31,32)33)4-9-23(26)28(38)11-14-36(15-12-28)27(37)18-2-6-21(7-3-18)35-24-10-13-34-25-17-20(30)5-8-22(24)25/h2-10,13,16-17,38H,11-12,14-15H2,1H3,(H,34,35). The molecule has 202 valence electrons. The number of halogens is 4. The van der Waals surface area contributed by atoms with E-state index in [1.165, 1.54) is 13.2 Å². The number of aromatic nitrogens is 1. The number of fused-ring (bicyclic) bond motifs is 1. The molecule has 0 aliphatic carbocycles. The molecule has 1 fully saturated rings. The fraction of sp³-hybridized carbons (Fsp3) is 0.241. The van der Waals surface area contributed by atoms with E-state index in [4.69, 9.17) is 16.3 Å². The molecule has 6 nitrogen and oxygen atoms in total. The number of piperidine rings is 1. The molecule has 0 radical (unpaired) electrons. The summed E-state index contributed by atoms with van der Waals surface area (Å²) in [6, 6.07) is 17.5. The molecule has 1 amide bonds. The molecule has 4 aromatic rings. The molecule has 0 bridgehead atoms. The summed E-state index contributed by atoms with van der Waals surface area (Å²) in [5, 5.41) is 16.1. The number of nitrogens with zero attached hydrogens (tertiary/aromatic N) is 2. The number of ether oxygens (including phenoxy) is 1. The van der Waals surface area contributed by atoms with Crippen molar-refractivity contribution in [1.29, 1.82) is 0 Å². The Hall–Kier alpha value is -3.82. The lowest BCUT2D eigenvalue weighted by Crippen LogP contribution is -2.45. The predicted molar refractivity (Wildman–Crippen MR) is 144 cm³/mol. The number of anilines is 2. The van der Waals surface area contributed by atoms with Crippen molar-refractivity contribution in [3.05, 3.63) is 94.6 Å². The van der Waals surface area contributed by atoms with E-state index in [0.29, 0.717) is 10.6 Å². The molecule has 0 spiro atoms. The fourth-order valence-corrected chi connectivity index (χ4v) is 5.03. The van der Waals surface area contributed by atoms with E-state index in [9.17, 15) is 23.1 Å². The van der Waals surface area contributed by atoms with Crippen LogP contribution in [0.3, 0.4) is 0 Å². The van der Waals surface area contributed by atoms with Crippen LogP contribution >= 0.6 is 11.6 Å². The minimum Gasteiger partial charge on any atom is -0.496 e. The van der Waals surface area contributed by atoms with Gasteiger partial charge in [0, 0.05) is 52.2 Å². The topological polar surface area (TPSA) is 74.7 Å². The maximum atomic E-state index is 13.2. The first kappa shape index (κ1) is 26.8. The van der Waals surface area contributed by atoms with Crippen molar-refractivity contribution in [1.82, 2.24) is 9.88 Å². The summed E-state index contributed by atoms with van der Waals surface area (Å²) < 4.78 is 44.5. The average molecular weight is 556 g/mol. The van der Waals surface area contributed by atoms with Crippen LogP contribution in [0.25, 0.3) is 10.9 Å². The Balaban J connectivity index is 1.26. The number of hydrogen-bond donors (Lipinski definition) is 2. The van der Waals surface area contributed by atoms with Gasteiger partial charge in [0.25, 0.3) is 5.91 Å². The monoisotopic (exact) mass is 555 g/mol. The van der Waals surface area contributed by atoms with Crippen LogP contribution in [0, 0.1) is 0 Å². The molecule has 0 unspecified atom stereocenters. The van der Waals surface area contributed by atoms with Crippen molar-refractivity contribution in [3.63, 3.8) is 0 Å². The highest BCUT2D eigenvalue weighted by molar-refractivity contribution is 6.31. The summed E-state index contributed by atoms with van der Waals surface area (Å²) in [5.41, 5.74) is 0.923. The third-order valence-corrected chi connectivity index (χ3v) is 7.26. The Morgan fingerprint density at radius 3 is 2.44 bits per heavy atom. The van der Waals surface area contributed by atoms with Crippen LogP contribution in [0.5, 0.6) is 5.75 Å². The van der Waals surface area contributed by atoms with Crippen molar-refractivity contribution >= 4 is 39.8 Å². The number of alkyl halides is 3. The molecule has 1 aliphatic heterocycles. The zero-order chi connectivity index (χ0) is 27.8. The van der Waals surface area contributed by atoms with Gasteiger partial charge in [-0.05, 0) is 73.5 Å². The summed E-state index contributed by atoms with van der Waals surface area (Å²) in [6.45, 7) is 0.482. The summed E-state index contributed by atoms with van der Waals surface area (Å²) in [7, 11) is 1.27. The van der Waals surface area contributed by atoms with E-state index in [1.807, 2.05) is 24.3 Å². The van der Waals surface area contributed by atoms with E-state index < -0.39 is 17.3 Å². The Morgan fingerprint density at radius 1 is 1.05 bits per heavy atom. The van der Waals surface area contributed by atoms with E-state index in [1.54, 1.807) is 35.4 Å². The van der Waals surface area contributed by atoms with Gasteiger partial charge in [0.2, 0.25) is 0 Å². The second-order valence-corrected chi connectivity index (χ2v) is 9.90. The van der Waals surface area contributed by atoms with Gasteiger partial charge in [0.1, 0.15) is 5.75 Å². The number of pyridine rings is 1. The molecule has 5 rings (SSSR count). The minimum atomic E-state index is -4.52. The number of aliphatic hydroxyl groups is 1. The van der Waals surface area contributed by atoms with Crippen LogP contribution in [-0.4, -0.2) is 41.1 Å². The number of hydrogen-bond acceptors (Lipinski definition) is 5. The lowest BCUT2D eigenvalue weighted by Gasteiger charge is -2.39. The van der Waals surface area contributed by atoms with Crippen LogP contribution < -0.4 is 10.1 Å². The van der Waals surface area contributed by atoms with Crippen molar-refractivity contribution in [2.45, 2.75) is 24.6 Å². The second kappa shape index (κ2) is 10.4. The first-order valence-electron chi connectivity index (χ1n) is 12.3. The Kier molecular flexibility index (Phi) is 7.13. The molecule has 39 heavy (non-hydrogen) atoms. The summed E-state index contributed by atoms with van der Waals surface area (Å²) in [6.07, 6.45) is -2.50. The van der Waals surface area contributed by atoms with E-state index in [2.05, 4.69) is 10.3 Å². The Labute approximate surface area is 228 Å². The second-order valence-electron chi connectivity index (χ2n) is 9.46. The SMILES string of the molecule is COc1cc(C(F)(F)F)ccc1C1(O)CCN(C(=O)c2ccc(Nc3ccnc4cc(Cl)ccc34)cc2)CC1. The van der Waals surface area contributed by atoms with Crippen LogP contribution in [-0.2, 0) is 11.8 Å². The van der Waals surface area contributed by atoms with Gasteiger partial charge in [0.15, 0.2) is 0 Å². The number of carbonyl (C=O) groups excluding carboxylic acids is 1. The molecule has 0 saturated carbocycles. The predicted octanol–water partition coefficient (Wildman–Crippen LogP) is 6.78. The van der Waals surface area contributed by atoms with Crippen LogP contribution in [0.2, 0.25) is 5.02 Å². The van der Waals surface area contributed by atoms with E-state index >= 15 is 0 Å². The van der Waals surface area contributed by atoms with E-state index in [0.717, 1.165) is 34.4 Å². The van der Waals surface area contributed by atoms with Crippen LogP contribution in [0.15, 0.2) is 72.9 Å². The Morgan fingerprint density at radius 2 is 1.77 bits per heavy atom. The van der Waals surface area contributed by atoms with Gasteiger partial charge >= 0.3 is 6.18 Å². The lowest BCUT2D eigenvalue weighted by atomic mass is 9.83. The van der Waals surface area contributed by atoms with Crippen molar-refractivity contribution in [3.8, 4) is 5.75 Å². The molecule has 1 aromatic heterocycles. The van der Waals surface area contributed by atoms with Crippen molar-refractivity contribution < 1.29 is 27.8 Å². The quantitative estimate of drug-likeness (QED) is 0.284. The first-order valence-corrected chi connectivity index (χ1v) is 12.6. The van der Waals surface area contributed by atoms with Crippen molar-refractivity contribution in [2.24, 2.45) is 0 Å². The number of carbonyl (C=O) groups is 1. The highest BCUT2D eigenvalue weighted by Crippen LogP contribution is 2.41. The molecule has 0 atom stereocenters. The van der Waals surface area contributed by atoms with Gasteiger partial charge in [-0.2, -0.15) is 13.2 Å². The molecular formula is C29H25ClF3N3O3. The molecule has 3 aromatic carbocycles. The van der Waals surface area contributed by atoms with E-state index in [-0.39, 0.29) is 43.2 Å². The van der Waals surface area contributed by atoms with Gasteiger partial charge < -0.3 is 20.1 Å². The van der Waals surface area contributed by atoms with Gasteiger partial charge in [0.05, 0.1) is 23.8 Å². The Bertz CT molecular complexity index is 1520. The highest BCUT2D eigenvalue weighted by Gasteiger charge is 2.39. The zero-order valence-electron chi connectivity index (χ0n) is 20.9. The number of amides is 1. The maximum absolute atomic E-state index is 13.2. The molecule has 2 N–H and O–H groups in total. The molecule has 10 heteroatoms. The minimum absolute atomic E-state index is 0.0275. The highest BCUT2D eigenvalue weighted by atomic mass is 35.5. The van der Waals surface area contributed by atoms with Gasteiger partial charge in [-0.25, -0.2) is 0 Å². The smallest absolute Gasteiger partial charge is 0.416 e. The number of benzene rings is 3. The average Bonchev–Trinajstić information content (AvgIpc) is 2.92. The fourth-order valence-electron chi connectivity index (χ4n) is 4.87. The first-order chi connectivity index (χ1) is 18.6. The van der Waals surface area contributed by atoms with Crippen LogP contribution in [0.1, 0.15) is 34.3 Å². The maximum Gasteiger partial charge on any atom is 0.416 e. The lowest BCUT2D eigenvalue weighted by molar-refractivity contribution is -0.137. The molecule has 1 saturated heterocycles. The molecular weight excluding hydrogens is 531 g/mol. The molecule has 2 heterocycles. The van der Waals surface area contributed by atoms with Gasteiger partial charge in [-0.3, -0.25) is 9.78 Å². The van der Waals surface area contributed by atoms with Crippen LogP contribution in [0.4, 0.5) is 24.5 Å². The summed E-state index contributed by atoms with van der Waals surface area (Å²) >= 11 is 6.07. The molecule has 1 aliphatic rings. The number of methoxy groups -OCH3 is 1. The zero-order valence-corrected chi connectivity index (χ0v) is 21.7. The third kappa shape index (κ3) is 5.51. The van der Waals surface area contributed by atoms with Gasteiger partial charge in [-0.1, -0.05) is 17.7 Å².